The predicted molar refractivity (Wildman–Crippen MR) is 175 cm³/mol. The number of benzene rings is 2. The number of carbonyl (C=O) groups is 2. The van der Waals surface area contributed by atoms with Crippen LogP contribution in [0.3, 0.4) is 0 Å². The van der Waals surface area contributed by atoms with Gasteiger partial charge in [-0.1, -0.05) is 19.1 Å². The van der Waals surface area contributed by atoms with E-state index in [0.717, 1.165) is 0 Å². The van der Waals surface area contributed by atoms with Crippen molar-refractivity contribution in [1.29, 1.82) is 0 Å². The fourth-order valence-corrected chi connectivity index (χ4v) is 7.94. The molecule has 0 saturated carbocycles. The van der Waals surface area contributed by atoms with E-state index in [1.54, 1.807) is 20.8 Å². The summed E-state index contributed by atoms with van der Waals surface area (Å²) in [6.45, 7) is 5.25. The average molecular weight is 685 g/mol. The van der Waals surface area contributed by atoms with Crippen LogP contribution >= 0.6 is 0 Å². The van der Waals surface area contributed by atoms with Gasteiger partial charge in [0.15, 0.2) is 24.1 Å². The van der Waals surface area contributed by atoms with Crippen molar-refractivity contribution in [2.75, 3.05) is 28.2 Å². The Kier molecular flexibility index (Phi) is 9.72. The number of phenolic OH excluding ortho intramolecular Hbond substituents is 2. The summed E-state index contributed by atoms with van der Waals surface area (Å²) in [5.74, 6) is -2.18. The molecule has 2 aromatic rings. The van der Waals surface area contributed by atoms with Crippen molar-refractivity contribution in [3.8, 4) is 11.5 Å². The number of phenols is 2. The summed E-state index contributed by atoms with van der Waals surface area (Å²) in [6.07, 6.45) is -5.98. The lowest BCUT2D eigenvalue weighted by atomic mass is 9.71. The van der Waals surface area contributed by atoms with E-state index in [2.05, 4.69) is 0 Å². The van der Waals surface area contributed by atoms with Crippen LogP contribution < -0.4 is 0 Å². The lowest BCUT2D eigenvalue weighted by Gasteiger charge is -2.48. The third-order valence-electron chi connectivity index (χ3n) is 10.9. The molecule has 268 valence electrons. The lowest BCUT2D eigenvalue weighted by Crippen LogP contribution is -2.55. The normalized spacial score (nSPS) is 36.1. The number of hydrogen-bond donors (Lipinski definition) is 5. The molecular weight excluding hydrogens is 636 g/mol. The minimum absolute atomic E-state index is 0.0329. The van der Waals surface area contributed by atoms with E-state index in [4.69, 9.17) is 18.9 Å². The highest BCUT2D eigenvalue weighted by Crippen LogP contribution is 2.55. The van der Waals surface area contributed by atoms with E-state index < -0.39 is 72.1 Å². The Morgan fingerprint density at radius 1 is 0.857 bits per heavy atom. The minimum atomic E-state index is -1.65. The number of aromatic hydroxyl groups is 2. The zero-order valence-corrected chi connectivity index (χ0v) is 29.0. The van der Waals surface area contributed by atoms with Gasteiger partial charge >= 0.3 is 0 Å². The highest BCUT2D eigenvalue weighted by molar-refractivity contribution is 6.30. The van der Waals surface area contributed by atoms with Crippen LogP contribution in [0.5, 0.6) is 11.5 Å². The highest BCUT2D eigenvalue weighted by atomic mass is 16.7. The molecule has 2 saturated heterocycles. The summed E-state index contributed by atoms with van der Waals surface area (Å²) in [5.41, 5.74) is -1.83. The maximum atomic E-state index is 13.9. The first kappa shape index (κ1) is 35.8. The van der Waals surface area contributed by atoms with E-state index >= 15 is 0 Å². The Morgan fingerprint density at radius 3 is 1.96 bits per heavy atom. The summed E-state index contributed by atoms with van der Waals surface area (Å²) in [6, 6.07) is 5.06. The highest BCUT2D eigenvalue weighted by Gasteiger charge is 2.52. The van der Waals surface area contributed by atoms with Crippen LogP contribution in [0.15, 0.2) is 24.3 Å². The molecule has 4 aliphatic rings. The summed E-state index contributed by atoms with van der Waals surface area (Å²) >= 11 is 0. The Bertz CT molecular complexity index is 1610. The van der Waals surface area contributed by atoms with Crippen LogP contribution in [-0.2, 0) is 18.9 Å². The number of aliphatic hydroxyl groups excluding tert-OH is 2. The fourth-order valence-electron chi connectivity index (χ4n) is 7.94. The van der Waals surface area contributed by atoms with E-state index in [0.29, 0.717) is 12.0 Å². The van der Waals surface area contributed by atoms with E-state index in [1.807, 2.05) is 38.0 Å². The SMILES string of the molecule is CC[C@@]1(O)C[C@H](OC2CC(N(C)C)C(O)C(C)O2)c2cc3c(c(O)c2C1OC1CC(N(C)C)C(O)C(C)O1)C(=O)c1cccc(O)c1C3=O. The van der Waals surface area contributed by atoms with Crippen molar-refractivity contribution >= 4 is 11.6 Å². The molecule has 6 rings (SSSR count). The van der Waals surface area contributed by atoms with Crippen molar-refractivity contribution < 1.29 is 54.1 Å². The molecule has 0 amide bonds. The molecule has 9 unspecified atom stereocenters. The zero-order valence-electron chi connectivity index (χ0n) is 29.0. The van der Waals surface area contributed by atoms with Crippen LogP contribution in [0.4, 0.5) is 0 Å². The van der Waals surface area contributed by atoms with Crippen molar-refractivity contribution in [1.82, 2.24) is 9.80 Å². The Morgan fingerprint density at radius 2 is 1.41 bits per heavy atom. The minimum Gasteiger partial charge on any atom is -0.507 e. The maximum absolute atomic E-state index is 13.9. The van der Waals surface area contributed by atoms with Crippen molar-refractivity contribution in [3.05, 3.63) is 57.6 Å². The van der Waals surface area contributed by atoms with Gasteiger partial charge in [0.25, 0.3) is 0 Å². The van der Waals surface area contributed by atoms with Gasteiger partial charge in [-0.3, -0.25) is 9.59 Å². The standard InChI is InChI=1S/C36H48N2O11/c1-8-36(45)15-24(48-25-13-21(37(4)5)30(40)16(2)46-25)19-12-20-28(32(42)18-10-9-11-23(39)27(18)33(20)43)34(44)29(19)35(36)49-26-14-22(38(6)7)31(41)17(3)47-26/h9-12,16-17,21-22,24-26,30-31,35,39-41,44-45H,8,13-15H2,1-7H3/t16?,17?,21?,22?,24-,25?,26?,30?,31?,35?,36+/m0/s1. The first-order chi connectivity index (χ1) is 23.1. The first-order valence-electron chi connectivity index (χ1n) is 16.9. The first-order valence-corrected chi connectivity index (χ1v) is 16.9. The number of rotatable bonds is 7. The summed E-state index contributed by atoms with van der Waals surface area (Å²) in [7, 11) is 7.39. The van der Waals surface area contributed by atoms with E-state index in [9.17, 15) is 35.1 Å². The molecule has 2 aromatic carbocycles. The summed E-state index contributed by atoms with van der Waals surface area (Å²) in [4.78, 5) is 31.6. The van der Waals surface area contributed by atoms with Crippen molar-refractivity contribution in [3.63, 3.8) is 0 Å². The van der Waals surface area contributed by atoms with Gasteiger partial charge in [0.05, 0.1) is 47.2 Å². The van der Waals surface area contributed by atoms with Gasteiger partial charge in [0.1, 0.15) is 17.6 Å². The average Bonchev–Trinajstić information content (AvgIpc) is 3.04. The fraction of sp³-hybridized carbons (Fsp3) is 0.611. The van der Waals surface area contributed by atoms with Gasteiger partial charge in [-0.05, 0) is 66.2 Å². The molecule has 5 N–H and O–H groups in total. The second-order valence-corrected chi connectivity index (χ2v) is 14.4. The largest absolute Gasteiger partial charge is 0.507 e. The number of fused-ring (bicyclic) bond motifs is 3. The number of nitrogens with zero attached hydrogens (tertiary/aromatic N) is 2. The van der Waals surface area contributed by atoms with Gasteiger partial charge in [0.2, 0.25) is 0 Å². The van der Waals surface area contributed by atoms with Gasteiger partial charge in [-0.25, -0.2) is 0 Å². The summed E-state index contributed by atoms with van der Waals surface area (Å²) in [5, 5.41) is 56.7. The molecule has 13 nitrogen and oxygen atoms in total. The molecule has 49 heavy (non-hydrogen) atoms. The van der Waals surface area contributed by atoms with Gasteiger partial charge in [0, 0.05) is 48.0 Å². The molecule has 2 aliphatic carbocycles. The lowest BCUT2D eigenvalue weighted by molar-refractivity contribution is -0.289. The maximum Gasteiger partial charge on any atom is 0.198 e. The number of ketones is 2. The predicted octanol–water partition coefficient (Wildman–Crippen LogP) is 2.39. The monoisotopic (exact) mass is 684 g/mol. The van der Waals surface area contributed by atoms with Crippen LogP contribution in [-0.4, -0.2) is 130 Å². The molecule has 2 heterocycles. The van der Waals surface area contributed by atoms with Gasteiger partial charge < -0.3 is 54.3 Å². The molecule has 0 bridgehead atoms. The Balaban J connectivity index is 1.48. The molecule has 0 spiro atoms. The number of likely N-dealkylation sites (N-methyl/N-ethyl adjacent to an activating group) is 2. The van der Waals surface area contributed by atoms with Crippen molar-refractivity contribution in [2.45, 2.75) is 113 Å². The van der Waals surface area contributed by atoms with Crippen molar-refractivity contribution in [2.24, 2.45) is 0 Å². The molecule has 2 aliphatic heterocycles. The van der Waals surface area contributed by atoms with Crippen LogP contribution in [0.2, 0.25) is 0 Å². The van der Waals surface area contributed by atoms with Gasteiger partial charge in [-0.15, -0.1) is 0 Å². The Hall–Kier alpha value is -2.98. The second kappa shape index (κ2) is 13.3. The number of ether oxygens (including phenoxy) is 4. The molecular formula is C36H48N2O11. The van der Waals surface area contributed by atoms with Crippen LogP contribution in [0.25, 0.3) is 0 Å². The zero-order chi connectivity index (χ0) is 35.7. The number of aliphatic hydroxyl groups is 3. The second-order valence-electron chi connectivity index (χ2n) is 14.4. The number of carbonyl (C=O) groups excluding carboxylic acids is 2. The molecule has 11 atom stereocenters. The van der Waals surface area contributed by atoms with Crippen LogP contribution in [0.1, 0.15) is 102 Å². The van der Waals surface area contributed by atoms with Gasteiger partial charge in [-0.2, -0.15) is 0 Å². The quantitative estimate of drug-likeness (QED) is 0.245. The van der Waals surface area contributed by atoms with E-state index in [1.165, 1.54) is 24.3 Å². The Labute approximate surface area is 285 Å². The molecule has 0 aromatic heterocycles. The third-order valence-corrected chi connectivity index (χ3v) is 10.9. The topological polar surface area (TPSA) is 179 Å². The molecule has 0 radical (unpaired) electrons. The summed E-state index contributed by atoms with van der Waals surface area (Å²) < 4.78 is 25.3. The van der Waals surface area contributed by atoms with E-state index in [-0.39, 0.29) is 64.9 Å². The van der Waals surface area contributed by atoms with Crippen LogP contribution in [0, 0.1) is 0 Å². The number of hydrogen-bond acceptors (Lipinski definition) is 13. The molecule has 13 heteroatoms. The third kappa shape index (κ3) is 6.08. The smallest absolute Gasteiger partial charge is 0.198 e. The molecule has 2 fully saturated rings.